The molecule has 2 aromatic heterocycles. The first-order valence-corrected chi connectivity index (χ1v) is 7.17. The largest absolute Gasteiger partial charge is 0.362 e. The minimum Gasteiger partial charge on any atom is -0.362 e. The fourth-order valence-corrected chi connectivity index (χ4v) is 2.76. The lowest BCUT2D eigenvalue weighted by molar-refractivity contribution is -0.109. The Bertz CT molecular complexity index is 653. The molecule has 6 nitrogen and oxygen atoms in total. The van der Waals surface area contributed by atoms with Gasteiger partial charge >= 0.3 is 0 Å². The van der Waals surface area contributed by atoms with Gasteiger partial charge in [-0.15, -0.1) is 0 Å². The van der Waals surface area contributed by atoms with Crippen molar-refractivity contribution < 1.29 is 4.79 Å². The van der Waals surface area contributed by atoms with Crippen molar-refractivity contribution in [3.63, 3.8) is 0 Å². The maximum atomic E-state index is 11.9. The van der Waals surface area contributed by atoms with Crippen LogP contribution in [0.15, 0.2) is 23.3 Å². The van der Waals surface area contributed by atoms with Crippen LogP contribution in [0, 0.1) is 0 Å². The molecule has 3 heterocycles. The molecule has 0 atom stereocenters. The smallest absolute Gasteiger partial charge is 0.274 e. The number of rotatable bonds is 2. The molecular weight excluding hydrogens is 268 g/mol. The number of carbonyl (C=O) groups excluding carboxylic acids is 1. The molecule has 6 heteroatoms. The highest BCUT2D eigenvalue weighted by Gasteiger charge is 2.19. The highest BCUT2D eigenvalue weighted by molar-refractivity contribution is 5.82. The van der Waals surface area contributed by atoms with Gasteiger partial charge in [0, 0.05) is 31.9 Å². The van der Waals surface area contributed by atoms with E-state index in [-0.39, 0.29) is 5.56 Å². The molecule has 0 spiro atoms. The number of aromatic nitrogens is 2. The Morgan fingerprint density at radius 2 is 2.05 bits per heavy atom. The van der Waals surface area contributed by atoms with Gasteiger partial charge in [0.05, 0.1) is 0 Å². The Kier molecular flexibility index (Phi) is 5.16. The third kappa shape index (κ3) is 3.33. The number of carbonyl (C=O) groups is 1. The van der Waals surface area contributed by atoms with Crippen LogP contribution in [-0.4, -0.2) is 36.1 Å². The molecular formula is C15H22N4O2. The zero-order chi connectivity index (χ0) is 15.2. The average Bonchev–Trinajstić information content (AvgIpc) is 3.02. The van der Waals surface area contributed by atoms with Gasteiger partial charge in [0.2, 0.25) is 6.41 Å². The zero-order valence-electron chi connectivity index (χ0n) is 12.5. The Labute approximate surface area is 123 Å². The molecule has 0 aliphatic carbocycles. The van der Waals surface area contributed by atoms with E-state index in [9.17, 15) is 4.79 Å². The minimum absolute atomic E-state index is 0.0580. The van der Waals surface area contributed by atoms with Gasteiger partial charge in [-0.1, -0.05) is 0 Å². The van der Waals surface area contributed by atoms with Crippen molar-refractivity contribution in [2.24, 2.45) is 7.05 Å². The second kappa shape index (κ2) is 7.08. The topological polar surface area (TPSA) is 78.9 Å². The van der Waals surface area contributed by atoms with Crippen LogP contribution in [0.4, 0.5) is 0 Å². The fraction of sp³-hybridized carbons (Fsp3) is 0.467. The Morgan fingerprint density at radius 1 is 1.38 bits per heavy atom. The predicted molar refractivity (Wildman–Crippen MR) is 83.5 cm³/mol. The molecule has 1 aliphatic heterocycles. The standard InChI is InChI=1S/C13H17N3O.C2H5NO/c1-16-8-11(9-2-5-14-6-3-9)10-4-7-15-12(10)13(16)17;1-3-2-4/h4,7-9,14-15H,2-3,5-6H2,1H3;2H,1H3,(H,3,4). The monoisotopic (exact) mass is 290 g/mol. The van der Waals surface area contributed by atoms with Crippen molar-refractivity contribution in [3.8, 4) is 0 Å². The third-order valence-electron chi connectivity index (χ3n) is 3.82. The van der Waals surface area contributed by atoms with Crippen LogP contribution in [0.2, 0.25) is 0 Å². The number of aromatic amines is 1. The lowest BCUT2D eigenvalue weighted by Crippen LogP contribution is -2.27. The molecule has 1 fully saturated rings. The number of nitrogens with zero attached hydrogens (tertiary/aromatic N) is 1. The normalized spacial score (nSPS) is 15.3. The van der Waals surface area contributed by atoms with E-state index in [1.165, 1.54) is 5.56 Å². The minimum atomic E-state index is 0.0580. The molecule has 1 aliphatic rings. The summed E-state index contributed by atoms with van der Waals surface area (Å²) in [6.07, 6.45) is 6.79. The van der Waals surface area contributed by atoms with E-state index in [4.69, 9.17) is 4.79 Å². The fourth-order valence-electron chi connectivity index (χ4n) is 2.76. The summed E-state index contributed by atoms with van der Waals surface area (Å²) >= 11 is 0. The van der Waals surface area contributed by atoms with Crippen LogP contribution in [0.1, 0.15) is 24.3 Å². The Morgan fingerprint density at radius 3 is 2.67 bits per heavy atom. The molecule has 1 amide bonds. The van der Waals surface area contributed by atoms with Gasteiger partial charge in [0.25, 0.3) is 5.56 Å². The second-order valence-corrected chi connectivity index (χ2v) is 5.20. The van der Waals surface area contributed by atoms with Crippen molar-refractivity contribution in [1.29, 1.82) is 0 Å². The van der Waals surface area contributed by atoms with E-state index < -0.39 is 0 Å². The maximum Gasteiger partial charge on any atom is 0.274 e. The molecule has 3 N–H and O–H groups in total. The van der Waals surface area contributed by atoms with E-state index in [0.717, 1.165) is 36.8 Å². The van der Waals surface area contributed by atoms with Gasteiger partial charge in [0.1, 0.15) is 5.52 Å². The average molecular weight is 290 g/mol. The molecule has 2 aromatic rings. The van der Waals surface area contributed by atoms with Gasteiger partial charge in [-0.25, -0.2) is 0 Å². The molecule has 0 radical (unpaired) electrons. The van der Waals surface area contributed by atoms with E-state index in [1.807, 2.05) is 25.5 Å². The second-order valence-electron chi connectivity index (χ2n) is 5.20. The number of hydrogen-bond acceptors (Lipinski definition) is 3. The van der Waals surface area contributed by atoms with Gasteiger partial charge in [-0.2, -0.15) is 0 Å². The first-order valence-electron chi connectivity index (χ1n) is 7.17. The summed E-state index contributed by atoms with van der Waals surface area (Å²) in [5, 5.41) is 6.72. The lowest BCUT2D eigenvalue weighted by Gasteiger charge is -2.24. The summed E-state index contributed by atoms with van der Waals surface area (Å²) < 4.78 is 1.69. The zero-order valence-corrected chi connectivity index (χ0v) is 12.5. The molecule has 0 unspecified atom stereocenters. The van der Waals surface area contributed by atoms with E-state index >= 15 is 0 Å². The number of pyridine rings is 1. The van der Waals surface area contributed by atoms with Gasteiger partial charge in [-0.3, -0.25) is 9.59 Å². The molecule has 1 saturated heterocycles. The first kappa shape index (κ1) is 15.3. The highest BCUT2D eigenvalue weighted by Crippen LogP contribution is 2.29. The van der Waals surface area contributed by atoms with Gasteiger partial charge < -0.3 is 20.2 Å². The Balaban J connectivity index is 0.000000361. The summed E-state index contributed by atoms with van der Waals surface area (Å²) in [6.45, 7) is 2.14. The van der Waals surface area contributed by atoms with Crippen LogP contribution in [-0.2, 0) is 11.8 Å². The molecule has 21 heavy (non-hydrogen) atoms. The maximum absolute atomic E-state index is 11.9. The summed E-state index contributed by atoms with van der Waals surface area (Å²) in [6, 6.07) is 2.02. The SMILES string of the molecule is CNC=O.Cn1cc(C2CCNCC2)c2cc[nH]c2c1=O. The highest BCUT2D eigenvalue weighted by atomic mass is 16.1. The predicted octanol–water partition coefficient (Wildman–Crippen LogP) is 0.696. The first-order chi connectivity index (χ1) is 10.2. The van der Waals surface area contributed by atoms with Crippen molar-refractivity contribution in [1.82, 2.24) is 20.2 Å². The van der Waals surface area contributed by atoms with Crippen molar-refractivity contribution >= 4 is 17.3 Å². The number of fused-ring (bicyclic) bond motifs is 1. The number of piperidine rings is 1. The van der Waals surface area contributed by atoms with Crippen LogP contribution in [0.25, 0.3) is 10.9 Å². The molecule has 0 bridgehead atoms. The molecule has 0 saturated carbocycles. The van der Waals surface area contributed by atoms with Gasteiger partial charge in [-0.05, 0) is 43.5 Å². The number of aryl methyl sites for hydroxylation is 1. The quantitative estimate of drug-likeness (QED) is 0.712. The summed E-state index contributed by atoms with van der Waals surface area (Å²) in [5.74, 6) is 0.571. The van der Waals surface area contributed by atoms with Crippen LogP contribution in [0.5, 0.6) is 0 Å². The molecule has 0 aromatic carbocycles. The third-order valence-corrected chi connectivity index (χ3v) is 3.82. The van der Waals surface area contributed by atoms with Crippen LogP contribution in [0.3, 0.4) is 0 Å². The van der Waals surface area contributed by atoms with Crippen molar-refractivity contribution in [2.75, 3.05) is 20.1 Å². The molecule has 114 valence electrons. The summed E-state index contributed by atoms with van der Waals surface area (Å²) in [7, 11) is 3.39. The van der Waals surface area contributed by atoms with Crippen molar-refractivity contribution in [2.45, 2.75) is 18.8 Å². The van der Waals surface area contributed by atoms with E-state index in [2.05, 4.69) is 15.6 Å². The summed E-state index contributed by atoms with van der Waals surface area (Å²) in [4.78, 5) is 24.1. The van der Waals surface area contributed by atoms with Crippen LogP contribution < -0.4 is 16.2 Å². The number of hydrogen-bond donors (Lipinski definition) is 3. The van der Waals surface area contributed by atoms with Crippen LogP contribution >= 0.6 is 0 Å². The number of H-pyrrole nitrogens is 1. The molecule has 3 rings (SSSR count). The van der Waals surface area contributed by atoms with E-state index in [1.54, 1.807) is 11.6 Å². The summed E-state index contributed by atoms with van der Waals surface area (Å²) in [5.41, 5.74) is 2.11. The van der Waals surface area contributed by atoms with Crippen molar-refractivity contribution in [3.05, 3.63) is 34.4 Å². The van der Waals surface area contributed by atoms with E-state index in [0.29, 0.717) is 12.3 Å². The Hall–Kier alpha value is -2.08. The number of amides is 1. The number of nitrogens with one attached hydrogen (secondary N) is 3. The lowest BCUT2D eigenvalue weighted by atomic mass is 9.89. The van der Waals surface area contributed by atoms with Gasteiger partial charge in [0.15, 0.2) is 0 Å².